The van der Waals surface area contributed by atoms with Crippen LogP contribution in [0.25, 0.3) is 10.9 Å². The Morgan fingerprint density at radius 3 is 2.67 bits per heavy atom. The van der Waals surface area contributed by atoms with Crippen LogP contribution in [0, 0.1) is 5.82 Å². The summed E-state index contributed by atoms with van der Waals surface area (Å²) in [6.07, 6.45) is 0.423. The van der Waals surface area contributed by atoms with Gasteiger partial charge >= 0.3 is 6.09 Å². The van der Waals surface area contributed by atoms with Gasteiger partial charge in [0.2, 0.25) is 5.28 Å². The summed E-state index contributed by atoms with van der Waals surface area (Å²) in [7, 11) is 0. The second-order valence-electron chi connectivity index (χ2n) is 5.73. The number of carboxylic acid groups (broad SMARTS) is 1. The zero-order valence-electron chi connectivity index (χ0n) is 12.9. The van der Waals surface area contributed by atoms with E-state index in [0.717, 1.165) is 0 Å². The van der Waals surface area contributed by atoms with Gasteiger partial charge in [0.1, 0.15) is 11.3 Å². The smallest absolute Gasteiger partial charge is 0.407 e. The number of rotatable bonds is 1. The summed E-state index contributed by atoms with van der Waals surface area (Å²) >= 11 is 11.7. The third-order valence-corrected chi connectivity index (χ3v) is 4.53. The number of anilines is 1. The maximum atomic E-state index is 14.2. The summed E-state index contributed by atoms with van der Waals surface area (Å²) in [5.41, 5.74) is -0.00878. The fourth-order valence-electron chi connectivity index (χ4n) is 2.90. The summed E-state index contributed by atoms with van der Waals surface area (Å²) < 4.78 is 14.2. The van der Waals surface area contributed by atoms with Gasteiger partial charge in [-0.05, 0) is 25.4 Å². The quantitative estimate of drug-likeness (QED) is 0.610. The van der Waals surface area contributed by atoms with Gasteiger partial charge < -0.3 is 14.9 Å². The third-order valence-electron chi connectivity index (χ3n) is 4.10. The molecular weight excluding hydrogens is 360 g/mol. The van der Waals surface area contributed by atoms with Gasteiger partial charge in [0.25, 0.3) is 0 Å². The number of aromatic nitrogens is 3. The fourth-order valence-corrected chi connectivity index (χ4v) is 3.20. The average molecular weight is 374 g/mol. The van der Waals surface area contributed by atoms with Crippen LogP contribution in [0.5, 0.6) is 0 Å². The molecule has 1 N–H and O–H groups in total. The molecule has 0 radical (unpaired) electrons. The second-order valence-corrected chi connectivity index (χ2v) is 6.42. The maximum absolute atomic E-state index is 14.2. The summed E-state index contributed by atoms with van der Waals surface area (Å²) in [6, 6.07) is -0.433. The third kappa shape index (κ3) is 2.80. The monoisotopic (exact) mass is 373 g/mol. The number of amides is 1. The normalized spacial score (nSPS) is 21.4. The molecule has 2 atom stereocenters. The minimum absolute atomic E-state index is 0.00878. The lowest BCUT2D eigenvalue weighted by molar-refractivity contribution is 0.114. The van der Waals surface area contributed by atoms with Crippen molar-refractivity contribution in [1.82, 2.24) is 19.9 Å². The van der Waals surface area contributed by atoms with Crippen LogP contribution in [0.2, 0.25) is 10.4 Å². The molecule has 24 heavy (non-hydrogen) atoms. The molecule has 0 aliphatic carbocycles. The van der Waals surface area contributed by atoms with E-state index in [2.05, 4.69) is 15.0 Å². The Morgan fingerprint density at radius 2 is 2.00 bits per heavy atom. The van der Waals surface area contributed by atoms with Crippen molar-refractivity contribution in [1.29, 1.82) is 0 Å². The lowest BCUT2D eigenvalue weighted by atomic mass is 10.1. The van der Waals surface area contributed by atoms with Crippen LogP contribution >= 0.6 is 23.2 Å². The highest BCUT2D eigenvalue weighted by molar-refractivity contribution is 6.30. The highest BCUT2D eigenvalue weighted by Crippen LogP contribution is 2.31. The van der Waals surface area contributed by atoms with Crippen molar-refractivity contribution in [3.8, 4) is 0 Å². The van der Waals surface area contributed by atoms with Crippen LogP contribution < -0.4 is 4.90 Å². The number of fused-ring (bicyclic) bond motifs is 1. The minimum Gasteiger partial charge on any atom is -0.465 e. The Balaban J connectivity index is 2.10. The molecule has 3 rings (SSSR count). The van der Waals surface area contributed by atoms with Gasteiger partial charge in [0.15, 0.2) is 11.0 Å². The summed E-state index contributed by atoms with van der Waals surface area (Å²) in [5.74, 6) is -0.345. The number of piperazine rings is 1. The molecule has 0 bridgehead atoms. The van der Waals surface area contributed by atoms with Crippen molar-refractivity contribution >= 4 is 46.0 Å². The van der Waals surface area contributed by atoms with Crippen LogP contribution in [-0.2, 0) is 0 Å². The van der Waals surface area contributed by atoms with E-state index in [1.165, 1.54) is 11.1 Å². The maximum Gasteiger partial charge on any atom is 0.407 e. The summed E-state index contributed by atoms with van der Waals surface area (Å²) in [4.78, 5) is 26.5. The molecule has 10 heteroatoms. The first-order chi connectivity index (χ1) is 11.3. The molecule has 128 valence electrons. The Bertz CT molecular complexity index is 821. The molecule has 1 amide bonds. The van der Waals surface area contributed by atoms with E-state index in [9.17, 15) is 14.3 Å². The van der Waals surface area contributed by atoms with Crippen molar-refractivity contribution in [2.24, 2.45) is 0 Å². The predicted molar refractivity (Wildman–Crippen MR) is 88.3 cm³/mol. The fraction of sp³-hybridized carbons (Fsp3) is 0.429. The molecule has 0 aromatic carbocycles. The first kappa shape index (κ1) is 16.9. The number of carbonyl (C=O) groups is 1. The summed E-state index contributed by atoms with van der Waals surface area (Å²) in [5, 5.41) is 9.23. The van der Waals surface area contributed by atoms with Crippen molar-refractivity contribution in [2.45, 2.75) is 25.9 Å². The van der Waals surface area contributed by atoms with E-state index < -0.39 is 11.9 Å². The molecule has 1 aliphatic heterocycles. The van der Waals surface area contributed by atoms with E-state index in [0.29, 0.717) is 24.3 Å². The predicted octanol–water partition coefficient (Wildman–Crippen LogP) is 3.05. The summed E-state index contributed by atoms with van der Waals surface area (Å²) in [6.45, 7) is 4.35. The Hall–Kier alpha value is -1.93. The molecule has 2 aromatic rings. The lowest BCUT2D eigenvalue weighted by Gasteiger charge is -2.43. The van der Waals surface area contributed by atoms with E-state index in [1.807, 2.05) is 11.8 Å². The van der Waals surface area contributed by atoms with E-state index in [1.54, 1.807) is 6.92 Å². The van der Waals surface area contributed by atoms with Gasteiger partial charge in [-0.1, -0.05) is 11.6 Å². The molecule has 2 aromatic heterocycles. The van der Waals surface area contributed by atoms with Gasteiger partial charge in [-0.25, -0.2) is 19.2 Å². The molecule has 7 nitrogen and oxygen atoms in total. The van der Waals surface area contributed by atoms with E-state index >= 15 is 0 Å². The molecule has 1 fully saturated rings. The number of nitrogens with zero attached hydrogens (tertiary/aromatic N) is 5. The van der Waals surface area contributed by atoms with Gasteiger partial charge in [-0.3, -0.25) is 0 Å². The van der Waals surface area contributed by atoms with Crippen molar-refractivity contribution < 1.29 is 14.3 Å². The van der Waals surface area contributed by atoms with Gasteiger partial charge in [-0.2, -0.15) is 4.98 Å². The standard InChI is InChI=1S/C14H14Cl2FN5O2/c1-6-5-22(14(23)24)7(2)4-21(6)12-8-3-18-11(15)9(17)10(8)19-13(16)20-12/h3,6-7H,4-5H2,1-2H3,(H,23,24)/t6-,7+/m0/s1. The second kappa shape index (κ2) is 6.18. The van der Waals surface area contributed by atoms with E-state index in [-0.39, 0.29) is 28.0 Å². The van der Waals surface area contributed by atoms with Gasteiger partial charge in [-0.15, -0.1) is 0 Å². The van der Waals surface area contributed by atoms with Crippen LogP contribution in [0.15, 0.2) is 6.20 Å². The van der Waals surface area contributed by atoms with Crippen LogP contribution in [0.3, 0.4) is 0 Å². The zero-order valence-corrected chi connectivity index (χ0v) is 14.4. The Labute approximate surface area is 147 Å². The van der Waals surface area contributed by atoms with Crippen molar-refractivity contribution in [3.63, 3.8) is 0 Å². The molecule has 0 spiro atoms. The number of halogens is 3. The molecule has 1 saturated heterocycles. The van der Waals surface area contributed by atoms with Crippen LogP contribution in [-0.4, -0.2) is 56.2 Å². The van der Waals surface area contributed by atoms with Gasteiger partial charge in [0, 0.05) is 31.4 Å². The first-order valence-corrected chi connectivity index (χ1v) is 7.98. The molecule has 3 heterocycles. The van der Waals surface area contributed by atoms with E-state index in [4.69, 9.17) is 23.2 Å². The largest absolute Gasteiger partial charge is 0.465 e. The molecular formula is C14H14Cl2FN5O2. The zero-order chi connectivity index (χ0) is 17.6. The lowest BCUT2D eigenvalue weighted by Crippen LogP contribution is -2.58. The molecule has 0 saturated carbocycles. The number of pyridine rings is 1. The highest BCUT2D eigenvalue weighted by Gasteiger charge is 2.34. The topological polar surface area (TPSA) is 82.5 Å². The van der Waals surface area contributed by atoms with Crippen molar-refractivity contribution in [3.05, 3.63) is 22.5 Å². The number of hydrogen-bond acceptors (Lipinski definition) is 5. The van der Waals surface area contributed by atoms with Crippen molar-refractivity contribution in [2.75, 3.05) is 18.0 Å². The van der Waals surface area contributed by atoms with Gasteiger partial charge in [0.05, 0.1) is 5.39 Å². The molecule has 1 aliphatic rings. The SMILES string of the molecule is C[C@@H]1CN(c2nc(Cl)nc3c(F)c(Cl)ncc23)[C@@H](C)CN1C(=O)O. The minimum atomic E-state index is -0.973. The molecule has 0 unspecified atom stereocenters. The highest BCUT2D eigenvalue weighted by atomic mass is 35.5. The Kier molecular flexibility index (Phi) is 4.35. The first-order valence-electron chi connectivity index (χ1n) is 7.23. The van der Waals surface area contributed by atoms with Crippen LogP contribution in [0.1, 0.15) is 13.8 Å². The van der Waals surface area contributed by atoms with Crippen LogP contribution in [0.4, 0.5) is 15.0 Å². The average Bonchev–Trinajstić information content (AvgIpc) is 2.52. The number of hydrogen-bond donors (Lipinski definition) is 1. The Morgan fingerprint density at radius 1 is 1.29 bits per heavy atom.